The summed E-state index contributed by atoms with van der Waals surface area (Å²) in [6.07, 6.45) is 2.51. The maximum Gasteiger partial charge on any atom is 0.0314 e. The third-order valence-corrected chi connectivity index (χ3v) is 3.29. The molecule has 16 heavy (non-hydrogen) atoms. The number of benzene rings is 1. The third kappa shape index (κ3) is 3.22. The van der Waals surface area contributed by atoms with E-state index in [-0.39, 0.29) is 0 Å². The number of nitrogens with two attached hydrogens (primary N) is 1. The first kappa shape index (κ1) is 11.4. The van der Waals surface area contributed by atoms with E-state index < -0.39 is 0 Å². The number of piperidine rings is 1. The Hall–Kier alpha value is -1.06. The number of nitrogens with zero attached hydrogens (tertiary/aromatic N) is 1. The van der Waals surface area contributed by atoms with Crippen molar-refractivity contribution in [1.29, 1.82) is 0 Å². The number of hydrogen-bond donors (Lipinski definition) is 2. The summed E-state index contributed by atoms with van der Waals surface area (Å²) >= 11 is 0. The molecule has 1 aliphatic heterocycles. The van der Waals surface area contributed by atoms with E-state index in [1.54, 1.807) is 0 Å². The number of likely N-dealkylation sites (tertiary alicyclic amines) is 1. The van der Waals surface area contributed by atoms with Gasteiger partial charge in [-0.25, -0.2) is 0 Å². The number of nitrogen functional groups attached to an aromatic ring is 1. The highest BCUT2D eigenvalue weighted by Crippen LogP contribution is 2.10. The lowest BCUT2D eigenvalue weighted by atomic mass is 10.1. The first-order valence-electron chi connectivity index (χ1n) is 6.00. The van der Waals surface area contributed by atoms with Crippen LogP contribution < -0.4 is 11.1 Å². The molecule has 1 aromatic rings. The molecule has 0 unspecified atom stereocenters. The van der Waals surface area contributed by atoms with Crippen molar-refractivity contribution in [2.24, 2.45) is 0 Å². The maximum absolute atomic E-state index is 5.65. The Kier molecular flexibility index (Phi) is 3.80. The van der Waals surface area contributed by atoms with Crippen LogP contribution in [-0.2, 0) is 6.54 Å². The molecule has 3 nitrogen and oxygen atoms in total. The molecule has 0 spiro atoms. The van der Waals surface area contributed by atoms with Crippen LogP contribution in [0, 0.1) is 0 Å². The largest absolute Gasteiger partial charge is 0.399 e. The normalized spacial score (nSPS) is 18.8. The van der Waals surface area contributed by atoms with Gasteiger partial charge in [-0.05, 0) is 50.7 Å². The molecule has 1 aliphatic rings. The van der Waals surface area contributed by atoms with Crippen LogP contribution in [0.2, 0.25) is 0 Å². The Bertz CT molecular complexity index is 312. The Balaban J connectivity index is 1.77. The summed E-state index contributed by atoms with van der Waals surface area (Å²) in [6, 6.07) is 8.79. The fourth-order valence-corrected chi connectivity index (χ4v) is 2.11. The molecule has 0 aromatic heterocycles. The lowest BCUT2D eigenvalue weighted by molar-refractivity contribution is 0.234. The van der Waals surface area contributed by atoms with Crippen LogP contribution in [-0.4, -0.2) is 31.1 Å². The van der Waals surface area contributed by atoms with Crippen LogP contribution in [0.3, 0.4) is 0 Å². The van der Waals surface area contributed by atoms with Crippen LogP contribution in [0.25, 0.3) is 0 Å². The molecule has 2 rings (SSSR count). The van der Waals surface area contributed by atoms with Crippen LogP contribution >= 0.6 is 0 Å². The maximum atomic E-state index is 5.65. The second-order valence-corrected chi connectivity index (χ2v) is 4.70. The zero-order chi connectivity index (χ0) is 11.4. The molecule has 1 saturated heterocycles. The van der Waals surface area contributed by atoms with Gasteiger partial charge in [-0.3, -0.25) is 0 Å². The summed E-state index contributed by atoms with van der Waals surface area (Å²) < 4.78 is 0. The van der Waals surface area contributed by atoms with Gasteiger partial charge in [0.15, 0.2) is 0 Å². The highest BCUT2D eigenvalue weighted by Gasteiger charge is 2.15. The van der Waals surface area contributed by atoms with Crippen LogP contribution in [0.5, 0.6) is 0 Å². The van der Waals surface area contributed by atoms with Gasteiger partial charge in [-0.2, -0.15) is 0 Å². The van der Waals surface area contributed by atoms with E-state index in [9.17, 15) is 0 Å². The average molecular weight is 219 g/mol. The van der Waals surface area contributed by atoms with E-state index in [1.807, 2.05) is 12.1 Å². The molecular formula is C13H21N3. The second-order valence-electron chi connectivity index (χ2n) is 4.70. The van der Waals surface area contributed by atoms with E-state index in [4.69, 9.17) is 5.73 Å². The van der Waals surface area contributed by atoms with Crippen molar-refractivity contribution >= 4 is 5.69 Å². The molecule has 1 heterocycles. The summed E-state index contributed by atoms with van der Waals surface area (Å²) in [5.74, 6) is 0. The number of hydrogen-bond acceptors (Lipinski definition) is 3. The van der Waals surface area contributed by atoms with Crippen LogP contribution in [0.1, 0.15) is 18.4 Å². The molecule has 3 heteroatoms. The van der Waals surface area contributed by atoms with Crippen molar-refractivity contribution < 1.29 is 0 Å². The molecule has 0 radical (unpaired) electrons. The van der Waals surface area contributed by atoms with Gasteiger partial charge in [0.2, 0.25) is 0 Å². The minimum Gasteiger partial charge on any atom is -0.399 e. The monoisotopic (exact) mass is 219 g/mol. The topological polar surface area (TPSA) is 41.3 Å². The van der Waals surface area contributed by atoms with Gasteiger partial charge in [0.05, 0.1) is 0 Å². The quantitative estimate of drug-likeness (QED) is 0.756. The Morgan fingerprint density at radius 1 is 1.25 bits per heavy atom. The first-order chi connectivity index (χ1) is 7.74. The van der Waals surface area contributed by atoms with E-state index in [0.717, 1.165) is 12.2 Å². The van der Waals surface area contributed by atoms with Gasteiger partial charge in [0, 0.05) is 18.3 Å². The molecule has 0 aliphatic carbocycles. The van der Waals surface area contributed by atoms with E-state index in [0.29, 0.717) is 6.04 Å². The molecule has 3 N–H and O–H groups in total. The number of nitrogens with one attached hydrogen (secondary N) is 1. The molecule has 0 bridgehead atoms. The molecule has 0 saturated carbocycles. The fourth-order valence-electron chi connectivity index (χ4n) is 2.11. The standard InChI is InChI=1S/C13H21N3/c1-16-8-6-13(7-9-16)15-10-11-2-4-12(14)5-3-11/h2-5,13,15H,6-10,14H2,1H3. The fraction of sp³-hybridized carbons (Fsp3) is 0.538. The lowest BCUT2D eigenvalue weighted by Gasteiger charge is -2.29. The smallest absolute Gasteiger partial charge is 0.0314 e. The van der Waals surface area contributed by atoms with Crippen LogP contribution in [0.4, 0.5) is 5.69 Å². The Labute approximate surface area is 97.6 Å². The first-order valence-corrected chi connectivity index (χ1v) is 6.00. The molecule has 1 aromatic carbocycles. The number of anilines is 1. The Morgan fingerprint density at radius 2 is 1.88 bits per heavy atom. The van der Waals surface area contributed by atoms with Crippen molar-refractivity contribution in [2.45, 2.75) is 25.4 Å². The van der Waals surface area contributed by atoms with Gasteiger partial charge in [0.25, 0.3) is 0 Å². The van der Waals surface area contributed by atoms with Gasteiger partial charge in [-0.1, -0.05) is 12.1 Å². The predicted octanol–water partition coefficient (Wildman–Crippen LogP) is 1.45. The summed E-state index contributed by atoms with van der Waals surface area (Å²) in [4.78, 5) is 2.39. The second kappa shape index (κ2) is 5.32. The molecular weight excluding hydrogens is 198 g/mol. The van der Waals surface area contributed by atoms with Crippen molar-refractivity contribution in [3.05, 3.63) is 29.8 Å². The average Bonchev–Trinajstić information content (AvgIpc) is 2.30. The summed E-state index contributed by atoms with van der Waals surface area (Å²) in [5, 5.41) is 3.61. The SMILES string of the molecule is CN1CCC(NCc2ccc(N)cc2)CC1. The highest BCUT2D eigenvalue weighted by atomic mass is 15.1. The zero-order valence-corrected chi connectivity index (χ0v) is 9.95. The zero-order valence-electron chi connectivity index (χ0n) is 9.95. The summed E-state index contributed by atoms with van der Waals surface area (Å²) in [6.45, 7) is 3.37. The van der Waals surface area contributed by atoms with Crippen molar-refractivity contribution in [3.63, 3.8) is 0 Å². The van der Waals surface area contributed by atoms with Crippen molar-refractivity contribution in [2.75, 3.05) is 25.9 Å². The van der Waals surface area contributed by atoms with E-state index in [2.05, 4.69) is 29.4 Å². The lowest BCUT2D eigenvalue weighted by Crippen LogP contribution is -2.40. The van der Waals surface area contributed by atoms with Gasteiger partial charge < -0.3 is 16.0 Å². The van der Waals surface area contributed by atoms with Crippen molar-refractivity contribution in [3.8, 4) is 0 Å². The van der Waals surface area contributed by atoms with Gasteiger partial charge in [-0.15, -0.1) is 0 Å². The predicted molar refractivity (Wildman–Crippen MR) is 68.2 cm³/mol. The van der Waals surface area contributed by atoms with Gasteiger partial charge in [0.1, 0.15) is 0 Å². The van der Waals surface area contributed by atoms with Crippen molar-refractivity contribution in [1.82, 2.24) is 10.2 Å². The summed E-state index contributed by atoms with van der Waals surface area (Å²) in [5.41, 5.74) is 7.80. The Morgan fingerprint density at radius 3 is 2.50 bits per heavy atom. The molecule has 88 valence electrons. The molecule has 0 amide bonds. The summed E-state index contributed by atoms with van der Waals surface area (Å²) in [7, 11) is 2.19. The van der Waals surface area contributed by atoms with E-state index in [1.165, 1.54) is 31.5 Å². The molecule has 1 fully saturated rings. The van der Waals surface area contributed by atoms with Gasteiger partial charge >= 0.3 is 0 Å². The minimum atomic E-state index is 0.675. The minimum absolute atomic E-state index is 0.675. The molecule has 0 atom stereocenters. The highest BCUT2D eigenvalue weighted by molar-refractivity contribution is 5.39. The van der Waals surface area contributed by atoms with Crippen LogP contribution in [0.15, 0.2) is 24.3 Å². The van der Waals surface area contributed by atoms with E-state index >= 15 is 0 Å². The number of rotatable bonds is 3. The third-order valence-electron chi connectivity index (χ3n) is 3.29.